The van der Waals surface area contributed by atoms with Crippen LogP contribution in [0, 0.1) is 5.92 Å². The first-order valence-corrected chi connectivity index (χ1v) is 8.42. The molecule has 0 aliphatic carbocycles. The van der Waals surface area contributed by atoms with Crippen LogP contribution in [0.2, 0.25) is 0 Å². The molecule has 2 bridgehead atoms. The van der Waals surface area contributed by atoms with Crippen LogP contribution in [-0.4, -0.2) is 30.1 Å². The largest absolute Gasteiger partial charge is 0.485 e. The van der Waals surface area contributed by atoms with Gasteiger partial charge >= 0.3 is 0 Å². The summed E-state index contributed by atoms with van der Waals surface area (Å²) in [5.74, 6) is 1.86. The smallest absolute Gasteiger partial charge is 0.129 e. The fraction of sp³-hybridized carbons (Fsp3) is 0.400. The van der Waals surface area contributed by atoms with E-state index in [0.717, 1.165) is 24.6 Å². The van der Waals surface area contributed by atoms with Gasteiger partial charge in [0.25, 0.3) is 0 Å². The Bertz CT molecular complexity index is 703. The molecular weight excluding hydrogens is 270 g/mol. The van der Waals surface area contributed by atoms with Gasteiger partial charge in [-0.3, -0.25) is 4.90 Å². The molecule has 1 unspecified atom stereocenters. The summed E-state index contributed by atoms with van der Waals surface area (Å²) in [6.07, 6.45) is 3.70. The van der Waals surface area contributed by atoms with Gasteiger partial charge in [-0.05, 0) is 54.8 Å². The number of rotatable bonds is 1. The minimum absolute atomic E-state index is 0.0636. The Labute approximate surface area is 131 Å². The highest BCUT2D eigenvalue weighted by atomic mass is 16.5. The summed E-state index contributed by atoms with van der Waals surface area (Å²) in [6.45, 7) is 3.65. The van der Waals surface area contributed by atoms with Crippen LogP contribution in [0.3, 0.4) is 0 Å². The van der Waals surface area contributed by atoms with E-state index in [0.29, 0.717) is 0 Å². The summed E-state index contributed by atoms with van der Waals surface area (Å²) < 4.78 is 6.52. The van der Waals surface area contributed by atoms with E-state index < -0.39 is 0 Å². The maximum Gasteiger partial charge on any atom is 0.129 e. The van der Waals surface area contributed by atoms with E-state index in [-0.39, 0.29) is 5.60 Å². The van der Waals surface area contributed by atoms with E-state index >= 15 is 0 Å². The second-order valence-electron chi connectivity index (χ2n) is 7.08. The van der Waals surface area contributed by atoms with Crippen LogP contribution >= 0.6 is 0 Å². The summed E-state index contributed by atoms with van der Waals surface area (Å²) in [5.41, 5.74) is 4.06. The van der Waals surface area contributed by atoms with Gasteiger partial charge in [0.2, 0.25) is 0 Å². The number of hydrogen-bond acceptors (Lipinski definition) is 2. The van der Waals surface area contributed by atoms with Gasteiger partial charge in [0.15, 0.2) is 0 Å². The van der Waals surface area contributed by atoms with Gasteiger partial charge in [0, 0.05) is 18.9 Å². The summed E-state index contributed by atoms with van der Waals surface area (Å²) in [6, 6.07) is 17.4. The monoisotopic (exact) mass is 291 g/mol. The Morgan fingerprint density at radius 1 is 0.955 bits per heavy atom. The van der Waals surface area contributed by atoms with Crippen LogP contribution in [0.5, 0.6) is 5.75 Å². The average Bonchev–Trinajstić information content (AvgIpc) is 2.93. The third-order valence-corrected chi connectivity index (χ3v) is 5.79. The fourth-order valence-electron chi connectivity index (χ4n) is 4.65. The van der Waals surface area contributed by atoms with Crippen molar-refractivity contribution in [3.8, 4) is 16.9 Å². The van der Waals surface area contributed by atoms with Gasteiger partial charge in [-0.25, -0.2) is 0 Å². The lowest BCUT2D eigenvalue weighted by atomic mass is 9.73. The van der Waals surface area contributed by atoms with Crippen molar-refractivity contribution >= 4 is 0 Å². The highest BCUT2D eigenvalue weighted by molar-refractivity contribution is 5.66. The summed E-state index contributed by atoms with van der Waals surface area (Å²) in [5, 5.41) is 0. The van der Waals surface area contributed by atoms with Crippen molar-refractivity contribution in [2.24, 2.45) is 5.92 Å². The van der Waals surface area contributed by atoms with Crippen molar-refractivity contribution in [2.75, 3.05) is 19.6 Å². The number of benzene rings is 2. The summed E-state index contributed by atoms with van der Waals surface area (Å²) >= 11 is 0. The van der Waals surface area contributed by atoms with Gasteiger partial charge in [-0.15, -0.1) is 0 Å². The van der Waals surface area contributed by atoms with Crippen molar-refractivity contribution in [2.45, 2.75) is 24.9 Å². The quantitative estimate of drug-likeness (QED) is 0.793. The van der Waals surface area contributed by atoms with Crippen LogP contribution in [-0.2, 0) is 6.42 Å². The van der Waals surface area contributed by atoms with E-state index in [1.807, 2.05) is 0 Å². The lowest BCUT2D eigenvalue weighted by Crippen LogP contribution is -2.61. The Morgan fingerprint density at radius 2 is 1.77 bits per heavy atom. The lowest BCUT2D eigenvalue weighted by Gasteiger charge is -2.50. The lowest BCUT2D eigenvalue weighted by molar-refractivity contribution is -0.0798. The number of ether oxygens (including phenoxy) is 1. The molecule has 0 amide bonds. The third-order valence-electron chi connectivity index (χ3n) is 5.79. The van der Waals surface area contributed by atoms with Gasteiger partial charge in [-0.1, -0.05) is 36.4 Å². The Hall–Kier alpha value is -1.80. The summed E-state index contributed by atoms with van der Waals surface area (Å²) in [7, 11) is 0. The molecule has 2 heteroatoms. The third kappa shape index (κ3) is 1.83. The number of nitrogens with zero attached hydrogens (tertiary/aromatic N) is 1. The average molecular weight is 291 g/mol. The molecule has 0 saturated carbocycles. The molecule has 3 saturated heterocycles. The van der Waals surface area contributed by atoms with Crippen LogP contribution in [0.1, 0.15) is 18.4 Å². The van der Waals surface area contributed by atoms with Gasteiger partial charge in [0.1, 0.15) is 11.4 Å². The second kappa shape index (κ2) is 4.60. The molecular formula is C20H21NO. The van der Waals surface area contributed by atoms with Crippen molar-refractivity contribution in [3.63, 3.8) is 0 Å². The maximum atomic E-state index is 6.52. The molecule has 2 nitrogen and oxygen atoms in total. The first-order valence-electron chi connectivity index (χ1n) is 8.42. The zero-order valence-corrected chi connectivity index (χ0v) is 12.8. The SMILES string of the molecule is c1ccc(-c2ccc3c(c2)CC2(CN4CCC2CC4)O3)cc1. The summed E-state index contributed by atoms with van der Waals surface area (Å²) in [4.78, 5) is 2.59. The van der Waals surface area contributed by atoms with Crippen LogP contribution in [0.15, 0.2) is 48.5 Å². The molecule has 3 fully saturated rings. The van der Waals surface area contributed by atoms with Crippen molar-refractivity contribution in [1.82, 2.24) is 4.90 Å². The first-order chi connectivity index (χ1) is 10.8. The van der Waals surface area contributed by atoms with Gasteiger partial charge < -0.3 is 4.74 Å². The van der Waals surface area contributed by atoms with Crippen LogP contribution in [0.4, 0.5) is 0 Å². The Morgan fingerprint density at radius 3 is 2.50 bits per heavy atom. The Balaban J connectivity index is 1.50. The van der Waals surface area contributed by atoms with Crippen molar-refractivity contribution in [3.05, 3.63) is 54.1 Å². The number of fused-ring (bicyclic) bond motifs is 3. The van der Waals surface area contributed by atoms with Gasteiger partial charge in [-0.2, -0.15) is 0 Å². The van der Waals surface area contributed by atoms with Crippen molar-refractivity contribution < 1.29 is 4.74 Å². The molecule has 0 radical (unpaired) electrons. The van der Waals surface area contributed by atoms with E-state index in [1.165, 1.54) is 42.6 Å². The standard InChI is InChI=1S/C20H21NO/c1-2-4-15(5-3-1)16-6-7-19-17(12-16)13-20(22-19)14-21-10-8-18(20)9-11-21/h1-7,12,18H,8-11,13-14H2. The normalized spacial score (nSPS) is 32.0. The molecule has 1 atom stereocenters. The predicted molar refractivity (Wildman–Crippen MR) is 88.1 cm³/mol. The van der Waals surface area contributed by atoms with E-state index in [1.54, 1.807) is 0 Å². The molecule has 6 rings (SSSR count). The van der Waals surface area contributed by atoms with Crippen LogP contribution < -0.4 is 4.74 Å². The number of hydrogen-bond donors (Lipinski definition) is 0. The molecule has 4 aliphatic heterocycles. The minimum Gasteiger partial charge on any atom is -0.485 e. The predicted octanol–water partition coefficient (Wildman–Crippen LogP) is 3.75. The first kappa shape index (κ1) is 12.7. The number of piperidine rings is 3. The molecule has 4 aliphatic rings. The molecule has 4 heterocycles. The molecule has 2 aromatic carbocycles. The van der Waals surface area contributed by atoms with E-state index in [9.17, 15) is 0 Å². The highest BCUT2D eigenvalue weighted by Gasteiger charge is 2.51. The van der Waals surface area contributed by atoms with E-state index in [2.05, 4.69) is 53.4 Å². The topological polar surface area (TPSA) is 12.5 Å². The second-order valence-corrected chi connectivity index (χ2v) is 7.08. The van der Waals surface area contributed by atoms with Crippen LogP contribution in [0.25, 0.3) is 11.1 Å². The zero-order chi connectivity index (χ0) is 14.6. The van der Waals surface area contributed by atoms with Crippen molar-refractivity contribution in [1.29, 1.82) is 0 Å². The fourth-order valence-corrected chi connectivity index (χ4v) is 4.65. The zero-order valence-electron chi connectivity index (χ0n) is 12.8. The highest BCUT2D eigenvalue weighted by Crippen LogP contribution is 2.47. The molecule has 22 heavy (non-hydrogen) atoms. The molecule has 112 valence electrons. The van der Waals surface area contributed by atoms with E-state index in [4.69, 9.17) is 4.74 Å². The maximum absolute atomic E-state index is 6.52. The van der Waals surface area contributed by atoms with Gasteiger partial charge in [0.05, 0.1) is 0 Å². The molecule has 1 spiro atoms. The minimum atomic E-state index is 0.0636. The molecule has 0 aromatic heterocycles. The molecule has 0 N–H and O–H groups in total. The molecule has 2 aromatic rings. The Kier molecular flexibility index (Phi) is 2.66.